The Kier molecular flexibility index (Phi) is 3.13. The van der Waals surface area contributed by atoms with Crippen molar-refractivity contribution in [3.05, 3.63) is 10.6 Å². The van der Waals surface area contributed by atoms with Crippen molar-refractivity contribution in [2.75, 3.05) is 7.05 Å². The van der Waals surface area contributed by atoms with Gasteiger partial charge in [0.1, 0.15) is 0 Å². The number of aromatic nitrogens is 2. The molecule has 1 aromatic rings. The highest BCUT2D eigenvalue weighted by Crippen LogP contribution is 2.37. The third-order valence-electron chi connectivity index (χ3n) is 3.15. The quantitative estimate of drug-likeness (QED) is 0.833. The van der Waals surface area contributed by atoms with Gasteiger partial charge in [-0.3, -0.25) is 0 Å². The van der Waals surface area contributed by atoms with E-state index in [9.17, 15) is 0 Å². The average molecular weight is 211 g/mol. The number of nitrogens with zero attached hydrogens (tertiary/aromatic N) is 2. The van der Waals surface area contributed by atoms with Crippen LogP contribution < -0.4 is 5.32 Å². The normalized spacial score (nSPS) is 20.1. The molecule has 1 atom stereocenters. The second-order valence-corrected chi connectivity index (χ2v) is 4.82. The molecule has 0 amide bonds. The van der Waals surface area contributed by atoms with Crippen LogP contribution in [0.5, 0.6) is 0 Å². The van der Waals surface area contributed by atoms with E-state index < -0.39 is 0 Å². The van der Waals surface area contributed by atoms with Crippen LogP contribution in [0.3, 0.4) is 0 Å². The SMILES string of the molecule is CNC(c1snnc1C)C1CCCC1. The summed E-state index contributed by atoms with van der Waals surface area (Å²) in [6.45, 7) is 2.05. The van der Waals surface area contributed by atoms with Crippen LogP contribution in [-0.2, 0) is 0 Å². The number of hydrogen-bond donors (Lipinski definition) is 1. The molecule has 0 bridgehead atoms. The summed E-state index contributed by atoms with van der Waals surface area (Å²) in [4.78, 5) is 1.33. The summed E-state index contributed by atoms with van der Waals surface area (Å²) >= 11 is 1.55. The molecule has 2 rings (SSSR count). The molecular weight excluding hydrogens is 194 g/mol. The first-order valence-electron chi connectivity index (χ1n) is 5.29. The van der Waals surface area contributed by atoms with Gasteiger partial charge in [0, 0.05) is 6.04 Å². The van der Waals surface area contributed by atoms with Crippen molar-refractivity contribution in [3.63, 3.8) is 0 Å². The fourth-order valence-electron chi connectivity index (χ4n) is 2.39. The van der Waals surface area contributed by atoms with Gasteiger partial charge in [-0.25, -0.2) is 0 Å². The van der Waals surface area contributed by atoms with Gasteiger partial charge in [0.05, 0.1) is 10.6 Å². The third-order valence-corrected chi connectivity index (χ3v) is 4.06. The van der Waals surface area contributed by atoms with Gasteiger partial charge in [0.2, 0.25) is 0 Å². The van der Waals surface area contributed by atoms with Crippen LogP contribution in [0.25, 0.3) is 0 Å². The Morgan fingerprint density at radius 1 is 1.43 bits per heavy atom. The lowest BCUT2D eigenvalue weighted by atomic mass is 9.96. The van der Waals surface area contributed by atoms with E-state index in [4.69, 9.17) is 0 Å². The van der Waals surface area contributed by atoms with Crippen LogP contribution in [0.15, 0.2) is 0 Å². The molecule has 1 aliphatic carbocycles. The zero-order chi connectivity index (χ0) is 9.97. The van der Waals surface area contributed by atoms with E-state index in [1.165, 1.54) is 30.6 Å². The largest absolute Gasteiger partial charge is 0.312 e. The van der Waals surface area contributed by atoms with Gasteiger partial charge in [0.15, 0.2) is 0 Å². The molecule has 1 unspecified atom stereocenters. The highest BCUT2D eigenvalue weighted by Gasteiger charge is 2.27. The fourth-order valence-corrected chi connectivity index (χ4v) is 3.24. The number of rotatable bonds is 3. The van der Waals surface area contributed by atoms with E-state index in [1.54, 1.807) is 11.5 Å². The van der Waals surface area contributed by atoms with E-state index in [0.29, 0.717) is 6.04 Å². The molecule has 1 N–H and O–H groups in total. The first-order valence-corrected chi connectivity index (χ1v) is 6.06. The van der Waals surface area contributed by atoms with Crippen molar-refractivity contribution >= 4 is 11.5 Å². The summed E-state index contributed by atoms with van der Waals surface area (Å²) in [7, 11) is 2.04. The summed E-state index contributed by atoms with van der Waals surface area (Å²) in [5.41, 5.74) is 1.10. The van der Waals surface area contributed by atoms with Gasteiger partial charge >= 0.3 is 0 Å². The third kappa shape index (κ3) is 1.81. The summed E-state index contributed by atoms with van der Waals surface area (Å²) in [6.07, 6.45) is 5.47. The van der Waals surface area contributed by atoms with Gasteiger partial charge < -0.3 is 5.32 Å². The van der Waals surface area contributed by atoms with Crippen LogP contribution in [0.2, 0.25) is 0 Å². The Balaban J connectivity index is 2.16. The molecule has 78 valence electrons. The Morgan fingerprint density at radius 3 is 2.64 bits per heavy atom. The second-order valence-electron chi connectivity index (χ2n) is 4.03. The Hall–Kier alpha value is -0.480. The fraction of sp³-hybridized carbons (Fsp3) is 0.800. The van der Waals surface area contributed by atoms with Crippen LogP contribution in [-0.4, -0.2) is 16.6 Å². The van der Waals surface area contributed by atoms with Crippen molar-refractivity contribution in [1.82, 2.24) is 14.9 Å². The van der Waals surface area contributed by atoms with E-state index in [-0.39, 0.29) is 0 Å². The highest BCUT2D eigenvalue weighted by molar-refractivity contribution is 7.05. The lowest BCUT2D eigenvalue weighted by Crippen LogP contribution is -2.23. The van der Waals surface area contributed by atoms with Crippen molar-refractivity contribution in [3.8, 4) is 0 Å². The Labute approximate surface area is 89.1 Å². The molecular formula is C10H17N3S. The first-order chi connectivity index (χ1) is 6.83. The summed E-state index contributed by atoms with van der Waals surface area (Å²) in [5, 5.41) is 7.50. The molecule has 1 aromatic heterocycles. The molecule has 1 saturated carbocycles. The molecule has 0 aliphatic heterocycles. The lowest BCUT2D eigenvalue weighted by molar-refractivity contribution is 0.394. The van der Waals surface area contributed by atoms with Crippen LogP contribution >= 0.6 is 11.5 Å². The van der Waals surface area contributed by atoms with E-state index in [1.807, 2.05) is 7.05 Å². The zero-order valence-electron chi connectivity index (χ0n) is 8.79. The average Bonchev–Trinajstić information content (AvgIpc) is 2.80. The summed E-state index contributed by atoms with van der Waals surface area (Å²) < 4.78 is 4.01. The van der Waals surface area contributed by atoms with E-state index >= 15 is 0 Å². The minimum Gasteiger partial charge on any atom is -0.312 e. The lowest BCUT2D eigenvalue weighted by Gasteiger charge is -2.21. The van der Waals surface area contributed by atoms with Crippen LogP contribution in [0.1, 0.15) is 42.3 Å². The van der Waals surface area contributed by atoms with Gasteiger partial charge in [0.25, 0.3) is 0 Å². The minimum atomic E-state index is 0.484. The predicted molar refractivity (Wildman–Crippen MR) is 58.4 cm³/mol. The van der Waals surface area contributed by atoms with Crippen molar-refractivity contribution in [1.29, 1.82) is 0 Å². The maximum Gasteiger partial charge on any atom is 0.0772 e. The van der Waals surface area contributed by atoms with E-state index in [0.717, 1.165) is 11.6 Å². The van der Waals surface area contributed by atoms with Gasteiger partial charge in [-0.2, -0.15) is 0 Å². The van der Waals surface area contributed by atoms with Crippen LogP contribution in [0.4, 0.5) is 0 Å². The Morgan fingerprint density at radius 2 is 2.14 bits per heavy atom. The molecule has 0 radical (unpaired) electrons. The molecule has 3 nitrogen and oxygen atoms in total. The monoisotopic (exact) mass is 211 g/mol. The molecule has 1 fully saturated rings. The van der Waals surface area contributed by atoms with Crippen LogP contribution in [0, 0.1) is 12.8 Å². The zero-order valence-corrected chi connectivity index (χ0v) is 9.60. The second kappa shape index (κ2) is 4.36. The smallest absolute Gasteiger partial charge is 0.0772 e. The van der Waals surface area contributed by atoms with Gasteiger partial charge in [-0.15, -0.1) is 5.10 Å². The summed E-state index contributed by atoms with van der Waals surface area (Å²) in [5.74, 6) is 0.793. The maximum absolute atomic E-state index is 4.09. The topological polar surface area (TPSA) is 37.8 Å². The molecule has 0 aromatic carbocycles. The number of nitrogens with one attached hydrogen (secondary N) is 1. The Bertz CT molecular complexity index is 291. The molecule has 4 heteroatoms. The summed E-state index contributed by atoms with van der Waals surface area (Å²) in [6, 6.07) is 0.484. The van der Waals surface area contributed by atoms with Gasteiger partial charge in [-0.05, 0) is 44.3 Å². The number of aryl methyl sites for hydroxylation is 1. The van der Waals surface area contributed by atoms with Crippen molar-refractivity contribution < 1.29 is 0 Å². The van der Waals surface area contributed by atoms with E-state index in [2.05, 4.69) is 21.8 Å². The number of hydrogen-bond acceptors (Lipinski definition) is 4. The minimum absolute atomic E-state index is 0.484. The predicted octanol–water partition coefficient (Wildman–Crippen LogP) is 2.30. The van der Waals surface area contributed by atoms with Crippen molar-refractivity contribution in [2.24, 2.45) is 5.92 Å². The first kappa shape index (κ1) is 10.1. The molecule has 1 heterocycles. The molecule has 14 heavy (non-hydrogen) atoms. The van der Waals surface area contributed by atoms with Gasteiger partial charge in [-0.1, -0.05) is 17.3 Å². The highest BCUT2D eigenvalue weighted by atomic mass is 32.1. The maximum atomic E-state index is 4.09. The molecule has 1 aliphatic rings. The van der Waals surface area contributed by atoms with Crippen molar-refractivity contribution in [2.45, 2.75) is 38.6 Å². The molecule has 0 spiro atoms. The standard InChI is InChI=1S/C10H17N3S/c1-7-10(14-13-12-7)9(11-2)8-5-3-4-6-8/h8-9,11H,3-6H2,1-2H3. The molecule has 0 saturated heterocycles.